The van der Waals surface area contributed by atoms with Crippen molar-refractivity contribution in [2.24, 2.45) is 5.41 Å². The SMILES string of the molecule is COC(=O)C1(Nc2ccccc2)CCCC(C)(C)CC1. The summed E-state index contributed by atoms with van der Waals surface area (Å²) >= 11 is 0. The Balaban J connectivity index is 2.24. The second kappa shape index (κ2) is 5.86. The molecule has 0 aromatic heterocycles. The van der Waals surface area contributed by atoms with Crippen LogP contribution in [0, 0.1) is 5.41 Å². The molecule has 20 heavy (non-hydrogen) atoms. The first-order valence-electron chi connectivity index (χ1n) is 7.39. The molecule has 2 rings (SSSR count). The quantitative estimate of drug-likeness (QED) is 0.669. The summed E-state index contributed by atoms with van der Waals surface area (Å²) < 4.78 is 5.09. The highest BCUT2D eigenvalue weighted by Gasteiger charge is 2.42. The minimum Gasteiger partial charge on any atom is -0.467 e. The third-order valence-corrected chi connectivity index (χ3v) is 4.42. The molecule has 1 aliphatic rings. The van der Waals surface area contributed by atoms with Gasteiger partial charge < -0.3 is 10.1 Å². The van der Waals surface area contributed by atoms with Gasteiger partial charge in [-0.3, -0.25) is 0 Å². The zero-order valence-corrected chi connectivity index (χ0v) is 12.7. The van der Waals surface area contributed by atoms with Crippen LogP contribution in [0.2, 0.25) is 0 Å². The van der Waals surface area contributed by atoms with E-state index < -0.39 is 5.54 Å². The number of carbonyl (C=O) groups is 1. The fourth-order valence-corrected chi connectivity index (χ4v) is 3.04. The van der Waals surface area contributed by atoms with Crippen molar-refractivity contribution in [3.05, 3.63) is 30.3 Å². The summed E-state index contributed by atoms with van der Waals surface area (Å²) in [5, 5.41) is 3.45. The van der Waals surface area contributed by atoms with E-state index >= 15 is 0 Å². The molecule has 1 aromatic rings. The van der Waals surface area contributed by atoms with Gasteiger partial charge in [0.25, 0.3) is 0 Å². The van der Waals surface area contributed by atoms with Crippen LogP contribution in [0.25, 0.3) is 0 Å². The average Bonchev–Trinajstić information content (AvgIpc) is 2.59. The first-order chi connectivity index (χ1) is 9.47. The number of benzene rings is 1. The highest BCUT2D eigenvalue weighted by Crippen LogP contribution is 2.40. The van der Waals surface area contributed by atoms with E-state index in [9.17, 15) is 4.79 Å². The van der Waals surface area contributed by atoms with Gasteiger partial charge in [-0.15, -0.1) is 0 Å². The molecule has 1 aliphatic carbocycles. The Kier molecular flexibility index (Phi) is 4.36. The van der Waals surface area contributed by atoms with Crippen LogP contribution in [0.1, 0.15) is 46.0 Å². The molecular formula is C17H25NO2. The molecule has 0 spiro atoms. The van der Waals surface area contributed by atoms with Crippen LogP contribution in [-0.4, -0.2) is 18.6 Å². The average molecular weight is 275 g/mol. The Hall–Kier alpha value is -1.51. The maximum absolute atomic E-state index is 12.4. The lowest BCUT2D eigenvalue weighted by molar-refractivity contribution is -0.146. The maximum atomic E-state index is 12.4. The lowest BCUT2D eigenvalue weighted by Crippen LogP contribution is -2.47. The molecule has 1 saturated carbocycles. The van der Waals surface area contributed by atoms with Gasteiger partial charge in [-0.2, -0.15) is 0 Å². The van der Waals surface area contributed by atoms with Crippen LogP contribution in [0.4, 0.5) is 5.69 Å². The van der Waals surface area contributed by atoms with E-state index in [1.54, 1.807) is 0 Å². The van der Waals surface area contributed by atoms with Gasteiger partial charge in [0, 0.05) is 5.69 Å². The zero-order valence-electron chi connectivity index (χ0n) is 12.7. The summed E-state index contributed by atoms with van der Waals surface area (Å²) in [5.74, 6) is -0.140. The van der Waals surface area contributed by atoms with Crippen LogP contribution in [-0.2, 0) is 9.53 Å². The largest absolute Gasteiger partial charge is 0.467 e. The van der Waals surface area contributed by atoms with Crippen molar-refractivity contribution < 1.29 is 9.53 Å². The minimum atomic E-state index is -0.579. The van der Waals surface area contributed by atoms with Gasteiger partial charge in [-0.1, -0.05) is 32.0 Å². The van der Waals surface area contributed by atoms with Gasteiger partial charge in [-0.05, 0) is 49.7 Å². The molecule has 110 valence electrons. The lowest BCUT2D eigenvalue weighted by Gasteiger charge is -2.32. The van der Waals surface area contributed by atoms with Crippen molar-refractivity contribution in [2.75, 3.05) is 12.4 Å². The number of carbonyl (C=O) groups excluding carboxylic acids is 1. The molecule has 0 heterocycles. The molecule has 0 saturated heterocycles. The smallest absolute Gasteiger partial charge is 0.331 e. The van der Waals surface area contributed by atoms with E-state index in [0.717, 1.165) is 37.8 Å². The number of rotatable bonds is 3. The molecule has 1 fully saturated rings. The molecular weight excluding hydrogens is 250 g/mol. The lowest BCUT2D eigenvalue weighted by atomic mass is 9.83. The standard InChI is InChI=1S/C17H25NO2/c1-16(2)10-7-11-17(13-12-16,15(19)20-3)18-14-8-5-4-6-9-14/h4-6,8-9,18H,7,10-13H2,1-3H3. The molecule has 0 bridgehead atoms. The van der Waals surface area contributed by atoms with E-state index in [-0.39, 0.29) is 5.97 Å². The first kappa shape index (κ1) is 14.9. The van der Waals surface area contributed by atoms with Crippen molar-refractivity contribution in [3.63, 3.8) is 0 Å². The summed E-state index contributed by atoms with van der Waals surface area (Å²) in [4.78, 5) is 12.4. The van der Waals surface area contributed by atoms with Crippen molar-refractivity contribution >= 4 is 11.7 Å². The van der Waals surface area contributed by atoms with E-state index in [1.807, 2.05) is 30.3 Å². The summed E-state index contributed by atoms with van der Waals surface area (Å²) in [6.45, 7) is 4.56. The van der Waals surface area contributed by atoms with Crippen LogP contribution < -0.4 is 5.32 Å². The second-order valence-electron chi connectivity index (χ2n) is 6.58. The number of nitrogens with one attached hydrogen (secondary N) is 1. The Labute approximate surface area is 121 Å². The van der Waals surface area contributed by atoms with E-state index in [1.165, 1.54) is 7.11 Å². The molecule has 0 amide bonds. The third kappa shape index (κ3) is 3.33. The fraction of sp³-hybridized carbons (Fsp3) is 0.588. The molecule has 3 heteroatoms. The van der Waals surface area contributed by atoms with Gasteiger partial charge in [0.2, 0.25) is 0 Å². The molecule has 3 nitrogen and oxygen atoms in total. The van der Waals surface area contributed by atoms with Gasteiger partial charge in [0.15, 0.2) is 0 Å². The van der Waals surface area contributed by atoms with E-state index in [4.69, 9.17) is 4.74 Å². The topological polar surface area (TPSA) is 38.3 Å². The Morgan fingerprint density at radius 1 is 1.10 bits per heavy atom. The summed E-state index contributed by atoms with van der Waals surface area (Å²) in [6.07, 6.45) is 4.88. The van der Waals surface area contributed by atoms with Crippen LogP contribution in [0.15, 0.2) is 30.3 Å². The minimum absolute atomic E-state index is 0.140. The predicted octanol–water partition coefficient (Wildman–Crippen LogP) is 4.00. The highest BCUT2D eigenvalue weighted by molar-refractivity contribution is 5.84. The van der Waals surface area contributed by atoms with Gasteiger partial charge in [-0.25, -0.2) is 4.79 Å². The van der Waals surface area contributed by atoms with Crippen LogP contribution >= 0.6 is 0 Å². The normalized spacial score (nSPS) is 25.6. The van der Waals surface area contributed by atoms with Crippen molar-refractivity contribution in [1.82, 2.24) is 0 Å². The van der Waals surface area contributed by atoms with E-state index in [2.05, 4.69) is 19.2 Å². The Morgan fingerprint density at radius 3 is 2.45 bits per heavy atom. The summed E-state index contributed by atoms with van der Waals surface area (Å²) in [7, 11) is 1.48. The molecule has 1 unspecified atom stereocenters. The van der Waals surface area contributed by atoms with Gasteiger partial charge in [0.1, 0.15) is 5.54 Å². The second-order valence-corrected chi connectivity index (χ2v) is 6.58. The molecule has 0 aliphatic heterocycles. The van der Waals surface area contributed by atoms with E-state index in [0.29, 0.717) is 5.41 Å². The van der Waals surface area contributed by atoms with Gasteiger partial charge >= 0.3 is 5.97 Å². The summed E-state index contributed by atoms with van der Waals surface area (Å²) in [6, 6.07) is 9.94. The van der Waals surface area contributed by atoms with Crippen LogP contribution in [0.3, 0.4) is 0 Å². The number of hydrogen-bond acceptors (Lipinski definition) is 3. The summed E-state index contributed by atoms with van der Waals surface area (Å²) in [5.41, 5.74) is 0.704. The number of ether oxygens (including phenoxy) is 1. The number of anilines is 1. The monoisotopic (exact) mass is 275 g/mol. The van der Waals surface area contributed by atoms with Gasteiger partial charge in [0.05, 0.1) is 7.11 Å². The number of methoxy groups -OCH3 is 1. The number of hydrogen-bond donors (Lipinski definition) is 1. The molecule has 1 N–H and O–H groups in total. The highest BCUT2D eigenvalue weighted by atomic mass is 16.5. The number of para-hydroxylation sites is 1. The van der Waals surface area contributed by atoms with Crippen molar-refractivity contribution in [2.45, 2.75) is 51.5 Å². The Bertz CT molecular complexity index is 455. The fourth-order valence-electron chi connectivity index (χ4n) is 3.04. The number of esters is 1. The zero-order chi connectivity index (χ0) is 14.6. The predicted molar refractivity (Wildman–Crippen MR) is 81.7 cm³/mol. The maximum Gasteiger partial charge on any atom is 0.331 e. The Morgan fingerprint density at radius 2 is 1.80 bits per heavy atom. The molecule has 0 radical (unpaired) electrons. The third-order valence-electron chi connectivity index (χ3n) is 4.42. The van der Waals surface area contributed by atoms with Crippen molar-refractivity contribution in [1.29, 1.82) is 0 Å². The molecule has 1 atom stereocenters. The van der Waals surface area contributed by atoms with Crippen LogP contribution in [0.5, 0.6) is 0 Å². The first-order valence-corrected chi connectivity index (χ1v) is 7.39. The molecule has 1 aromatic carbocycles. The van der Waals surface area contributed by atoms with Crippen molar-refractivity contribution in [3.8, 4) is 0 Å².